The van der Waals surface area contributed by atoms with Crippen LogP contribution < -0.4 is 10.1 Å². The fourth-order valence-electron chi connectivity index (χ4n) is 5.85. The van der Waals surface area contributed by atoms with Crippen LogP contribution in [0.25, 0.3) is 0 Å². The lowest BCUT2D eigenvalue weighted by Crippen LogP contribution is -2.54. The van der Waals surface area contributed by atoms with E-state index in [4.69, 9.17) is 4.74 Å². The van der Waals surface area contributed by atoms with E-state index in [1.807, 2.05) is 32.0 Å². The first kappa shape index (κ1) is 16.7. The topological polar surface area (TPSA) is 41.6 Å². The maximum absolute atomic E-state index is 12.2. The predicted octanol–water partition coefficient (Wildman–Crippen LogP) is 4.91. The lowest BCUT2D eigenvalue weighted by Gasteiger charge is -2.57. The molecule has 1 N–H and O–H groups in total. The SMILES string of the molecule is CCN(CC)C(=O)Oc1cccc(NC23CC4CC(CC(C4)C2)C3)c1. The van der Waals surface area contributed by atoms with Gasteiger partial charge in [0.1, 0.15) is 5.75 Å². The molecule has 0 radical (unpaired) electrons. The molecule has 0 saturated heterocycles. The summed E-state index contributed by atoms with van der Waals surface area (Å²) >= 11 is 0. The number of nitrogens with zero attached hydrogens (tertiary/aromatic N) is 1. The van der Waals surface area contributed by atoms with Crippen LogP contribution in [0.2, 0.25) is 0 Å². The summed E-state index contributed by atoms with van der Waals surface area (Å²) < 4.78 is 5.57. The van der Waals surface area contributed by atoms with E-state index in [1.165, 1.54) is 38.5 Å². The molecule has 0 heterocycles. The number of hydrogen-bond donors (Lipinski definition) is 1. The highest BCUT2D eigenvalue weighted by Gasteiger charge is 2.50. The van der Waals surface area contributed by atoms with E-state index in [0.29, 0.717) is 18.8 Å². The van der Waals surface area contributed by atoms with Crippen molar-refractivity contribution in [3.63, 3.8) is 0 Å². The molecule has 4 saturated carbocycles. The number of amides is 1. The van der Waals surface area contributed by atoms with Gasteiger partial charge in [-0.1, -0.05) is 6.07 Å². The van der Waals surface area contributed by atoms with Crippen molar-refractivity contribution in [3.05, 3.63) is 24.3 Å². The summed E-state index contributed by atoms with van der Waals surface area (Å²) in [4.78, 5) is 13.9. The summed E-state index contributed by atoms with van der Waals surface area (Å²) in [6.07, 6.45) is 8.00. The van der Waals surface area contributed by atoms with Gasteiger partial charge in [0.05, 0.1) is 0 Å². The molecule has 136 valence electrons. The Balaban J connectivity index is 1.46. The third-order valence-electron chi connectivity index (χ3n) is 6.51. The van der Waals surface area contributed by atoms with Gasteiger partial charge in [0, 0.05) is 30.4 Å². The van der Waals surface area contributed by atoms with Gasteiger partial charge in [0.2, 0.25) is 0 Å². The predicted molar refractivity (Wildman–Crippen MR) is 99.9 cm³/mol. The van der Waals surface area contributed by atoms with E-state index in [2.05, 4.69) is 11.4 Å². The van der Waals surface area contributed by atoms with Gasteiger partial charge in [-0.2, -0.15) is 0 Å². The Hall–Kier alpha value is -1.71. The number of carbonyl (C=O) groups excluding carboxylic acids is 1. The van der Waals surface area contributed by atoms with Crippen molar-refractivity contribution >= 4 is 11.8 Å². The number of hydrogen-bond acceptors (Lipinski definition) is 3. The van der Waals surface area contributed by atoms with Gasteiger partial charge in [-0.3, -0.25) is 0 Å². The van der Waals surface area contributed by atoms with Gasteiger partial charge >= 0.3 is 6.09 Å². The molecule has 0 atom stereocenters. The molecule has 4 heteroatoms. The van der Waals surface area contributed by atoms with Crippen LogP contribution in [-0.2, 0) is 0 Å². The average molecular weight is 342 g/mol. The highest BCUT2D eigenvalue weighted by molar-refractivity contribution is 5.71. The van der Waals surface area contributed by atoms with Crippen molar-refractivity contribution in [2.24, 2.45) is 17.8 Å². The van der Waals surface area contributed by atoms with Crippen LogP contribution in [-0.4, -0.2) is 29.6 Å². The largest absolute Gasteiger partial charge is 0.415 e. The molecule has 0 aliphatic heterocycles. The first-order valence-electron chi connectivity index (χ1n) is 9.94. The zero-order valence-corrected chi connectivity index (χ0v) is 15.5. The van der Waals surface area contributed by atoms with E-state index in [-0.39, 0.29) is 11.6 Å². The first-order valence-corrected chi connectivity index (χ1v) is 9.94. The van der Waals surface area contributed by atoms with Gasteiger partial charge in [-0.05, 0) is 82.3 Å². The minimum Gasteiger partial charge on any atom is -0.410 e. The molecule has 4 nitrogen and oxygen atoms in total. The minimum atomic E-state index is -0.267. The fraction of sp³-hybridized carbons (Fsp3) is 0.667. The second-order valence-electron chi connectivity index (χ2n) is 8.39. The molecule has 5 rings (SSSR count). The number of benzene rings is 1. The summed E-state index contributed by atoms with van der Waals surface area (Å²) in [6, 6.07) is 7.94. The maximum Gasteiger partial charge on any atom is 0.415 e. The Kier molecular flexibility index (Phi) is 4.38. The second-order valence-corrected chi connectivity index (χ2v) is 8.39. The summed E-state index contributed by atoms with van der Waals surface area (Å²) in [7, 11) is 0. The lowest BCUT2D eigenvalue weighted by atomic mass is 9.53. The van der Waals surface area contributed by atoms with Crippen molar-refractivity contribution in [2.45, 2.75) is 57.9 Å². The Morgan fingerprint density at radius 3 is 2.28 bits per heavy atom. The molecule has 4 aliphatic carbocycles. The second kappa shape index (κ2) is 6.54. The van der Waals surface area contributed by atoms with Gasteiger partial charge in [-0.25, -0.2) is 4.79 Å². The molecule has 1 amide bonds. The highest BCUT2D eigenvalue weighted by Crippen LogP contribution is 2.56. The van der Waals surface area contributed by atoms with Crippen molar-refractivity contribution in [2.75, 3.05) is 18.4 Å². The molecule has 4 fully saturated rings. The molecule has 25 heavy (non-hydrogen) atoms. The van der Waals surface area contributed by atoms with Crippen LogP contribution in [0.15, 0.2) is 24.3 Å². The van der Waals surface area contributed by atoms with Crippen molar-refractivity contribution in [1.29, 1.82) is 0 Å². The zero-order valence-electron chi connectivity index (χ0n) is 15.5. The molecule has 0 unspecified atom stereocenters. The zero-order chi connectivity index (χ0) is 17.4. The Morgan fingerprint density at radius 2 is 1.72 bits per heavy atom. The molecule has 1 aromatic carbocycles. The maximum atomic E-state index is 12.2. The van der Waals surface area contributed by atoms with Crippen LogP contribution in [0.5, 0.6) is 5.75 Å². The number of ether oxygens (including phenoxy) is 1. The number of rotatable bonds is 5. The van der Waals surface area contributed by atoms with Crippen LogP contribution >= 0.6 is 0 Å². The van der Waals surface area contributed by atoms with Gasteiger partial charge < -0.3 is 15.0 Å². The Morgan fingerprint density at radius 1 is 1.12 bits per heavy atom. The summed E-state index contributed by atoms with van der Waals surface area (Å²) in [6.45, 7) is 5.27. The summed E-state index contributed by atoms with van der Waals surface area (Å²) in [5.41, 5.74) is 1.36. The minimum absolute atomic E-state index is 0.267. The van der Waals surface area contributed by atoms with E-state index in [9.17, 15) is 4.79 Å². The molecular weight excluding hydrogens is 312 g/mol. The standard InChI is InChI=1S/C21H30N2O2/c1-3-23(4-2)20(24)25-19-7-5-6-18(11-19)22-21-12-15-8-16(13-21)10-17(9-15)14-21/h5-7,11,15-17,22H,3-4,8-10,12-14H2,1-2H3. The van der Waals surface area contributed by atoms with Crippen molar-refractivity contribution in [1.82, 2.24) is 4.90 Å². The number of anilines is 1. The van der Waals surface area contributed by atoms with Crippen LogP contribution in [0.1, 0.15) is 52.4 Å². The highest BCUT2D eigenvalue weighted by atomic mass is 16.6. The fourth-order valence-corrected chi connectivity index (χ4v) is 5.85. The molecular formula is C21H30N2O2. The third-order valence-corrected chi connectivity index (χ3v) is 6.51. The van der Waals surface area contributed by atoms with E-state index >= 15 is 0 Å². The van der Waals surface area contributed by atoms with Gasteiger partial charge in [-0.15, -0.1) is 0 Å². The van der Waals surface area contributed by atoms with E-state index in [1.54, 1.807) is 4.90 Å². The lowest BCUT2D eigenvalue weighted by molar-refractivity contribution is 0.0107. The average Bonchev–Trinajstić information content (AvgIpc) is 2.54. The summed E-state index contributed by atoms with van der Waals surface area (Å²) in [5, 5.41) is 3.85. The molecule has 4 aliphatic rings. The Labute approximate surface area is 150 Å². The van der Waals surface area contributed by atoms with Crippen LogP contribution in [0, 0.1) is 17.8 Å². The molecule has 0 aromatic heterocycles. The molecule has 1 aromatic rings. The molecule has 4 bridgehead atoms. The van der Waals surface area contributed by atoms with Crippen molar-refractivity contribution < 1.29 is 9.53 Å². The smallest absolute Gasteiger partial charge is 0.410 e. The van der Waals surface area contributed by atoms with Crippen molar-refractivity contribution in [3.8, 4) is 5.75 Å². The van der Waals surface area contributed by atoms with Crippen LogP contribution in [0.4, 0.5) is 10.5 Å². The normalized spacial score (nSPS) is 32.5. The number of nitrogens with one attached hydrogen (secondary N) is 1. The Bertz CT molecular complexity index is 603. The summed E-state index contributed by atoms with van der Waals surface area (Å²) in [5.74, 6) is 3.39. The first-order chi connectivity index (χ1) is 12.1. The molecule has 0 spiro atoms. The third kappa shape index (κ3) is 3.36. The quantitative estimate of drug-likeness (QED) is 0.827. The van der Waals surface area contributed by atoms with Gasteiger partial charge in [0.25, 0.3) is 0 Å². The monoisotopic (exact) mass is 342 g/mol. The van der Waals surface area contributed by atoms with Gasteiger partial charge in [0.15, 0.2) is 0 Å². The number of carbonyl (C=O) groups is 1. The van der Waals surface area contributed by atoms with E-state index < -0.39 is 0 Å². The van der Waals surface area contributed by atoms with E-state index in [0.717, 1.165) is 23.4 Å². The van der Waals surface area contributed by atoms with Crippen LogP contribution in [0.3, 0.4) is 0 Å².